The molecule has 128 valence electrons. The molecule has 0 aliphatic heterocycles. The Labute approximate surface area is 150 Å². The number of amides is 2. The lowest BCUT2D eigenvalue weighted by atomic mass is 10.2. The van der Waals surface area contributed by atoms with Crippen molar-refractivity contribution in [2.24, 2.45) is 0 Å². The predicted octanol–water partition coefficient (Wildman–Crippen LogP) is 4.32. The number of urea groups is 1. The average molecular weight is 388 g/mol. The molecule has 0 atom stereocenters. The van der Waals surface area contributed by atoms with Crippen LogP contribution in [-0.2, 0) is 10.0 Å². The summed E-state index contributed by atoms with van der Waals surface area (Å²) in [6.07, 6.45) is 1.06. The lowest BCUT2D eigenvalue weighted by Crippen LogP contribution is -2.20. The van der Waals surface area contributed by atoms with E-state index in [2.05, 4.69) is 15.4 Å². The summed E-state index contributed by atoms with van der Waals surface area (Å²) >= 11 is 11.8. The predicted molar refractivity (Wildman–Crippen MR) is 98.7 cm³/mol. The highest BCUT2D eigenvalue weighted by atomic mass is 35.5. The van der Waals surface area contributed by atoms with Gasteiger partial charge in [0, 0.05) is 10.7 Å². The van der Waals surface area contributed by atoms with Gasteiger partial charge < -0.3 is 10.6 Å². The third-order valence-corrected chi connectivity index (χ3v) is 4.12. The van der Waals surface area contributed by atoms with Gasteiger partial charge in [-0.25, -0.2) is 13.2 Å². The summed E-state index contributed by atoms with van der Waals surface area (Å²) in [5, 5.41) is 5.96. The molecule has 9 heteroatoms. The number of hydrogen-bond acceptors (Lipinski definition) is 3. The van der Waals surface area contributed by atoms with Crippen molar-refractivity contribution in [1.29, 1.82) is 0 Å². The quantitative estimate of drug-likeness (QED) is 0.729. The molecule has 2 aromatic carbocycles. The highest BCUT2D eigenvalue weighted by Gasteiger charge is 2.10. The van der Waals surface area contributed by atoms with Crippen LogP contribution in [-0.4, -0.2) is 20.7 Å². The first-order valence-corrected chi connectivity index (χ1v) is 9.40. The monoisotopic (exact) mass is 387 g/mol. The van der Waals surface area contributed by atoms with Gasteiger partial charge in [-0.15, -0.1) is 0 Å². The maximum atomic E-state index is 12.1. The van der Waals surface area contributed by atoms with Crippen LogP contribution in [0.3, 0.4) is 0 Å². The number of nitrogens with one attached hydrogen (secondary N) is 3. The third-order valence-electron chi connectivity index (χ3n) is 2.97. The van der Waals surface area contributed by atoms with Gasteiger partial charge in [0.1, 0.15) is 0 Å². The van der Waals surface area contributed by atoms with Crippen LogP contribution in [0.15, 0.2) is 36.4 Å². The first-order valence-electron chi connectivity index (χ1n) is 6.75. The van der Waals surface area contributed by atoms with Crippen LogP contribution in [0.25, 0.3) is 0 Å². The normalized spacial score (nSPS) is 11.0. The molecule has 0 saturated carbocycles. The fraction of sp³-hybridized carbons (Fsp3) is 0.133. The summed E-state index contributed by atoms with van der Waals surface area (Å²) in [6.45, 7) is 1.75. The molecule has 0 aliphatic carbocycles. The van der Waals surface area contributed by atoms with Gasteiger partial charge >= 0.3 is 6.03 Å². The van der Waals surface area contributed by atoms with Gasteiger partial charge in [0.25, 0.3) is 0 Å². The molecule has 0 aliphatic rings. The molecule has 0 bridgehead atoms. The largest absolute Gasteiger partial charge is 0.323 e. The summed E-state index contributed by atoms with van der Waals surface area (Å²) in [7, 11) is -3.41. The van der Waals surface area contributed by atoms with Gasteiger partial charge in [-0.3, -0.25) is 4.72 Å². The zero-order valence-corrected chi connectivity index (χ0v) is 15.2. The first kappa shape index (κ1) is 18.4. The first-order chi connectivity index (χ1) is 11.1. The number of carbonyl (C=O) groups is 1. The molecule has 0 heterocycles. The van der Waals surface area contributed by atoms with Crippen molar-refractivity contribution >= 4 is 56.3 Å². The van der Waals surface area contributed by atoms with Crippen molar-refractivity contribution in [2.75, 3.05) is 21.6 Å². The lowest BCUT2D eigenvalue weighted by Gasteiger charge is -2.12. The molecular formula is C15H15Cl2N3O3S. The van der Waals surface area contributed by atoms with E-state index in [1.54, 1.807) is 31.2 Å². The minimum absolute atomic E-state index is 0.345. The standard InChI is InChI=1S/C15H15Cl2N3O3S/c1-9-3-5-11(8-13(9)20-24(2,22)23)18-15(21)19-14-7-10(16)4-6-12(14)17/h3-8,20H,1-2H3,(H2,18,19,21). The fourth-order valence-corrected chi connectivity index (χ4v) is 2.84. The minimum Gasteiger partial charge on any atom is -0.308 e. The van der Waals surface area contributed by atoms with E-state index in [0.717, 1.165) is 11.8 Å². The van der Waals surface area contributed by atoms with Crippen LogP contribution >= 0.6 is 23.2 Å². The minimum atomic E-state index is -3.41. The Kier molecular flexibility index (Phi) is 5.58. The number of hydrogen-bond donors (Lipinski definition) is 3. The number of anilines is 3. The molecule has 0 unspecified atom stereocenters. The molecule has 0 aromatic heterocycles. The van der Waals surface area contributed by atoms with Gasteiger partial charge in [0.05, 0.1) is 22.7 Å². The molecule has 6 nitrogen and oxygen atoms in total. The Bertz CT molecular complexity index is 886. The van der Waals surface area contributed by atoms with Crippen LogP contribution in [0.1, 0.15) is 5.56 Å². The van der Waals surface area contributed by atoms with Crippen LogP contribution in [0.5, 0.6) is 0 Å². The number of rotatable bonds is 4. The third kappa shape index (κ3) is 5.30. The molecule has 0 radical (unpaired) electrons. The maximum Gasteiger partial charge on any atom is 0.323 e. The van der Waals surface area contributed by atoms with E-state index in [0.29, 0.717) is 27.1 Å². The Morgan fingerprint density at radius 1 is 1.00 bits per heavy atom. The highest BCUT2D eigenvalue weighted by Crippen LogP contribution is 2.26. The van der Waals surface area contributed by atoms with Crippen molar-refractivity contribution in [3.8, 4) is 0 Å². The summed E-state index contributed by atoms with van der Waals surface area (Å²) in [5.41, 5.74) is 1.89. The number of halogens is 2. The number of carbonyl (C=O) groups excluding carboxylic acids is 1. The summed E-state index contributed by atoms with van der Waals surface area (Å²) in [6, 6.07) is 9.03. The van der Waals surface area contributed by atoms with Crippen LogP contribution in [0, 0.1) is 6.92 Å². The van der Waals surface area contributed by atoms with E-state index in [4.69, 9.17) is 23.2 Å². The van der Waals surface area contributed by atoms with Crippen molar-refractivity contribution < 1.29 is 13.2 Å². The SMILES string of the molecule is Cc1ccc(NC(=O)Nc2cc(Cl)ccc2Cl)cc1NS(C)(=O)=O. The Hall–Kier alpha value is -1.96. The second kappa shape index (κ2) is 7.29. The molecule has 24 heavy (non-hydrogen) atoms. The highest BCUT2D eigenvalue weighted by molar-refractivity contribution is 7.92. The van der Waals surface area contributed by atoms with Crippen molar-refractivity contribution in [1.82, 2.24) is 0 Å². The van der Waals surface area contributed by atoms with Crippen molar-refractivity contribution in [3.05, 3.63) is 52.0 Å². The Morgan fingerprint density at radius 3 is 2.38 bits per heavy atom. The molecule has 0 fully saturated rings. The lowest BCUT2D eigenvalue weighted by molar-refractivity contribution is 0.262. The van der Waals surface area contributed by atoms with Gasteiger partial charge in [-0.05, 0) is 42.8 Å². The van der Waals surface area contributed by atoms with Gasteiger partial charge in [0.2, 0.25) is 10.0 Å². The fourth-order valence-electron chi connectivity index (χ4n) is 1.89. The van der Waals surface area contributed by atoms with Crippen molar-refractivity contribution in [2.45, 2.75) is 6.92 Å². The Balaban J connectivity index is 2.14. The molecule has 2 rings (SSSR count). The molecule has 0 saturated heterocycles. The Morgan fingerprint density at radius 2 is 1.71 bits per heavy atom. The molecule has 0 spiro atoms. The van der Waals surface area contributed by atoms with E-state index in [9.17, 15) is 13.2 Å². The second-order valence-electron chi connectivity index (χ2n) is 5.11. The zero-order valence-electron chi connectivity index (χ0n) is 12.9. The van der Waals surface area contributed by atoms with Crippen LogP contribution in [0.4, 0.5) is 21.9 Å². The van der Waals surface area contributed by atoms with E-state index < -0.39 is 16.1 Å². The summed E-state index contributed by atoms with van der Waals surface area (Å²) in [5.74, 6) is 0. The van der Waals surface area contributed by atoms with Gasteiger partial charge in [-0.2, -0.15) is 0 Å². The second-order valence-corrected chi connectivity index (χ2v) is 7.70. The molecular weight excluding hydrogens is 373 g/mol. The van der Waals surface area contributed by atoms with Crippen molar-refractivity contribution in [3.63, 3.8) is 0 Å². The average Bonchev–Trinajstić information content (AvgIpc) is 2.45. The number of benzene rings is 2. The van der Waals surface area contributed by atoms with Crippen LogP contribution < -0.4 is 15.4 Å². The topological polar surface area (TPSA) is 87.3 Å². The molecule has 3 N–H and O–H groups in total. The molecule has 2 amide bonds. The number of aryl methyl sites for hydroxylation is 1. The van der Waals surface area contributed by atoms with E-state index in [1.807, 2.05) is 0 Å². The maximum absolute atomic E-state index is 12.1. The summed E-state index contributed by atoms with van der Waals surface area (Å²) < 4.78 is 25.1. The smallest absolute Gasteiger partial charge is 0.308 e. The van der Waals surface area contributed by atoms with Gasteiger partial charge in [0.15, 0.2) is 0 Å². The zero-order chi connectivity index (χ0) is 17.9. The van der Waals surface area contributed by atoms with E-state index >= 15 is 0 Å². The van der Waals surface area contributed by atoms with E-state index in [-0.39, 0.29) is 0 Å². The van der Waals surface area contributed by atoms with Crippen LogP contribution in [0.2, 0.25) is 10.0 Å². The number of sulfonamides is 1. The molecule has 2 aromatic rings. The van der Waals surface area contributed by atoms with E-state index in [1.165, 1.54) is 12.1 Å². The summed E-state index contributed by atoms with van der Waals surface area (Å²) in [4.78, 5) is 12.1. The van der Waals surface area contributed by atoms with Gasteiger partial charge in [-0.1, -0.05) is 29.3 Å².